The molecule has 0 radical (unpaired) electrons. The maximum Gasteiger partial charge on any atom is 0.274 e. The number of amides is 3. The van der Waals surface area contributed by atoms with E-state index >= 15 is 0 Å². The minimum atomic E-state index is -1.07. The van der Waals surface area contributed by atoms with Crippen LogP contribution in [0.3, 0.4) is 0 Å². The third-order valence-electron chi connectivity index (χ3n) is 5.59. The zero-order valence-electron chi connectivity index (χ0n) is 21.6. The molecule has 2 heterocycles. The van der Waals surface area contributed by atoms with Crippen molar-refractivity contribution in [1.82, 2.24) is 21.1 Å². The van der Waals surface area contributed by atoms with Crippen molar-refractivity contribution in [2.45, 2.75) is 78.1 Å². The predicted molar refractivity (Wildman–Crippen MR) is 127 cm³/mol. The van der Waals surface area contributed by atoms with Crippen molar-refractivity contribution in [3.8, 4) is 0 Å². The monoisotopic (exact) mass is 494 g/mol. The van der Waals surface area contributed by atoms with Gasteiger partial charge in [-0.2, -0.15) is 0 Å². The number of hydrogen-bond acceptors (Lipinski definition) is 8. The molecule has 3 N–H and O–H groups in total. The number of rotatable bonds is 14. The van der Waals surface area contributed by atoms with Crippen molar-refractivity contribution in [1.29, 1.82) is 0 Å². The van der Waals surface area contributed by atoms with E-state index in [2.05, 4.69) is 21.1 Å². The molecular formula is C24H38N4O7. The van der Waals surface area contributed by atoms with Gasteiger partial charge in [-0.15, -0.1) is 0 Å². The molecule has 0 bridgehead atoms. The molecule has 1 aliphatic rings. The van der Waals surface area contributed by atoms with E-state index in [1.165, 1.54) is 13.2 Å². The molecule has 1 saturated heterocycles. The molecule has 196 valence electrons. The molecule has 0 aromatic carbocycles. The van der Waals surface area contributed by atoms with E-state index in [1.807, 2.05) is 27.7 Å². The summed E-state index contributed by atoms with van der Waals surface area (Å²) in [5.41, 5.74) is -0.851. The number of aryl methyl sites for hydroxylation is 1. The topological polar surface area (TPSA) is 152 Å². The van der Waals surface area contributed by atoms with E-state index in [4.69, 9.17) is 14.0 Å². The van der Waals surface area contributed by atoms with Crippen LogP contribution in [-0.2, 0) is 23.9 Å². The first-order valence-corrected chi connectivity index (χ1v) is 11.9. The zero-order valence-corrected chi connectivity index (χ0v) is 21.6. The molecule has 2 rings (SSSR count). The van der Waals surface area contributed by atoms with Crippen LogP contribution in [0.25, 0.3) is 0 Å². The van der Waals surface area contributed by atoms with E-state index in [0.29, 0.717) is 25.2 Å². The van der Waals surface area contributed by atoms with Crippen LogP contribution in [-0.4, -0.2) is 72.7 Å². The van der Waals surface area contributed by atoms with Gasteiger partial charge in [0.05, 0.1) is 19.3 Å². The minimum absolute atomic E-state index is 0.0266. The number of aromatic nitrogens is 1. The van der Waals surface area contributed by atoms with Gasteiger partial charge in [0.1, 0.15) is 23.4 Å². The fourth-order valence-corrected chi connectivity index (χ4v) is 3.62. The maximum absolute atomic E-state index is 13.2. The Bertz CT molecular complexity index is 907. The Labute approximate surface area is 206 Å². The molecule has 0 aliphatic carbocycles. The number of methoxy groups -OCH3 is 1. The Hall–Kier alpha value is -2.79. The van der Waals surface area contributed by atoms with Crippen molar-refractivity contribution < 1.29 is 33.2 Å². The van der Waals surface area contributed by atoms with Crippen LogP contribution in [0.1, 0.15) is 63.7 Å². The number of nitrogens with zero attached hydrogens (tertiary/aromatic N) is 1. The fraction of sp³-hybridized carbons (Fsp3) is 0.708. The largest absolute Gasteiger partial charge is 0.382 e. The Balaban J connectivity index is 2.13. The lowest BCUT2D eigenvalue weighted by molar-refractivity contribution is -0.134. The number of ketones is 1. The van der Waals surface area contributed by atoms with E-state index in [0.717, 1.165) is 0 Å². The minimum Gasteiger partial charge on any atom is -0.382 e. The van der Waals surface area contributed by atoms with Gasteiger partial charge in [-0.1, -0.05) is 32.9 Å². The number of ether oxygens (including phenoxy) is 2. The normalized spacial score (nSPS) is 19.7. The van der Waals surface area contributed by atoms with E-state index in [9.17, 15) is 19.2 Å². The summed E-state index contributed by atoms with van der Waals surface area (Å²) in [6.45, 7) is 11.3. The quantitative estimate of drug-likeness (QED) is 0.326. The lowest BCUT2D eigenvalue weighted by Crippen LogP contribution is -2.57. The van der Waals surface area contributed by atoms with Gasteiger partial charge >= 0.3 is 0 Å². The van der Waals surface area contributed by atoms with Gasteiger partial charge in [0.15, 0.2) is 11.5 Å². The van der Waals surface area contributed by atoms with Crippen molar-refractivity contribution in [2.24, 2.45) is 11.8 Å². The Morgan fingerprint density at radius 1 is 1.00 bits per heavy atom. The molecule has 1 fully saturated rings. The average molecular weight is 495 g/mol. The standard InChI is InChI=1S/C24H38N4O7/c1-13(2)8-16(20(29)24(6)12-34-24)25-21(30)17(9-14(3)4)26-23(32)19(11-33-7)27-22(31)18-10-15(5)35-28-18/h10,13-14,16-17,19H,8-9,11-12H2,1-7H3,(H,25,30)(H,26,32)(H,27,31)/t16-,17-,19-,24-/m0/s1. The van der Waals surface area contributed by atoms with Crippen molar-refractivity contribution >= 4 is 23.5 Å². The number of carbonyl (C=O) groups excluding carboxylic acids is 4. The molecule has 0 saturated carbocycles. The van der Waals surface area contributed by atoms with Crippen molar-refractivity contribution in [3.63, 3.8) is 0 Å². The summed E-state index contributed by atoms with van der Waals surface area (Å²) in [6.07, 6.45) is 0.787. The van der Waals surface area contributed by atoms with Gasteiger partial charge < -0.3 is 29.9 Å². The first-order chi connectivity index (χ1) is 16.4. The van der Waals surface area contributed by atoms with Crippen LogP contribution in [0.2, 0.25) is 0 Å². The molecule has 11 heteroatoms. The van der Waals surface area contributed by atoms with E-state index < -0.39 is 41.4 Å². The van der Waals surface area contributed by atoms with Gasteiger partial charge in [0.25, 0.3) is 5.91 Å². The summed E-state index contributed by atoms with van der Waals surface area (Å²) in [5.74, 6) is -1.16. The van der Waals surface area contributed by atoms with E-state index in [1.54, 1.807) is 13.8 Å². The Morgan fingerprint density at radius 3 is 2.03 bits per heavy atom. The second-order valence-corrected chi connectivity index (χ2v) is 10.1. The van der Waals surface area contributed by atoms with Crippen LogP contribution < -0.4 is 16.0 Å². The third-order valence-corrected chi connectivity index (χ3v) is 5.59. The molecular weight excluding hydrogens is 456 g/mol. The highest BCUT2D eigenvalue weighted by molar-refractivity contribution is 5.99. The summed E-state index contributed by atoms with van der Waals surface area (Å²) in [6, 6.07) is -1.27. The molecule has 1 aromatic heterocycles. The predicted octanol–water partition coefficient (Wildman–Crippen LogP) is 1.15. The summed E-state index contributed by atoms with van der Waals surface area (Å²) >= 11 is 0. The van der Waals surface area contributed by atoms with Crippen LogP contribution in [0.5, 0.6) is 0 Å². The molecule has 11 nitrogen and oxygen atoms in total. The maximum atomic E-state index is 13.2. The van der Waals surface area contributed by atoms with Gasteiger partial charge in [-0.05, 0) is 38.5 Å². The number of Topliss-reactive ketones (excluding diaryl/α,β-unsaturated/α-hetero) is 1. The van der Waals surface area contributed by atoms with Crippen molar-refractivity contribution in [3.05, 3.63) is 17.5 Å². The van der Waals surface area contributed by atoms with Gasteiger partial charge in [-0.3, -0.25) is 19.2 Å². The highest BCUT2D eigenvalue weighted by Crippen LogP contribution is 2.29. The van der Waals surface area contributed by atoms with Crippen LogP contribution in [0.4, 0.5) is 0 Å². The Morgan fingerprint density at radius 2 is 1.54 bits per heavy atom. The number of hydrogen-bond donors (Lipinski definition) is 3. The van der Waals surface area contributed by atoms with Gasteiger partial charge in [-0.25, -0.2) is 0 Å². The summed E-state index contributed by atoms with van der Waals surface area (Å²) in [4.78, 5) is 51.7. The van der Waals surface area contributed by atoms with Crippen LogP contribution in [0, 0.1) is 18.8 Å². The highest BCUT2D eigenvalue weighted by atomic mass is 16.6. The Kier molecular flexibility index (Phi) is 9.96. The van der Waals surface area contributed by atoms with Crippen LogP contribution in [0.15, 0.2) is 10.6 Å². The number of epoxide rings is 1. The number of carbonyl (C=O) groups is 4. The average Bonchev–Trinajstić information content (AvgIpc) is 3.37. The lowest BCUT2D eigenvalue weighted by Gasteiger charge is -2.27. The SMILES string of the molecule is COC[C@H](NC(=O)c1cc(C)on1)C(=O)N[C@@H](CC(C)C)C(=O)N[C@@H](CC(C)C)C(=O)[C@]1(C)CO1. The lowest BCUT2D eigenvalue weighted by atomic mass is 9.92. The second kappa shape index (κ2) is 12.3. The molecule has 0 unspecified atom stereocenters. The third kappa shape index (κ3) is 8.43. The molecule has 1 aliphatic heterocycles. The number of nitrogens with one attached hydrogen (secondary N) is 3. The van der Waals surface area contributed by atoms with E-state index in [-0.39, 0.29) is 29.9 Å². The van der Waals surface area contributed by atoms with Crippen molar-refractivity contribution in [2.75, 3.05) is 20.3 Å². The zero-order chi connectivity index (χ0) is 26.3. The molecule has 0 spiro atoms. The van der Waals surface area contributed by atoms with Crippen LogP contribution >= 0.6 is 0 Å². The second-order valence-electron chi connectivity index (χ2n) is 10.1. The first-order valence-electron chi connectivity index (χ1n) is 11.9. The smallest absolute Gasteiger partial charge is 0.274 e. The van der Waals surface area contributed by atoms with Gasteiger partial charge in [0, 0.05) is 13.2 Å². The summed E-state index contributed by atoms with van der Waals surface area (Å²) in [7, 11) is 1.40. The molecule has 1 aromatic rings. The first kappa shape index (κ1) is 28.4. The summed E-state index contributed by atoms with van der Waals surface area (Å²) < 4.78 is 15.3. The van der Waals surface area contributed by atoms with Gasteiger partial charge in [0.2, 0.25) is 11.8 Å². The molecule has 4 atom stereocenters. The fourth-order valence-electron chi connectivity index (χ4n) is 3.62. The summed E-state index contributed by atoms with van der Waals surface area (Å²) in [5, 5.41) is 11.7. The highest BCUT2D eigenvalue weighted by Gasteiger charge is 2.50. The molecule has 35 heavy (non-hydrogen) atoms. The molecule has 3 amide bonds.